The number of anilines is 1. The lowest BCUT2D eigenvalue weighted by Crippen LogP contribution is -2.26. The molecule has 0 aliphatic carbocycles. The molecule has 0 radical (unpaired) electrons. The number of aromatic nitrogens is 5. The van der Waals surface area contributed by atoms with Crippen molar-refractivity contribution in [2.75, 3.05) is 5.32 Å². The number of aromatic amines is 1. The van der Waals surface area contributed by atoms with Crippen LogP contribution in [0.3, 0.4) is 0 Å². The van der Waals surface area contributed by atoms with E-state index in [1.807, 2.05) is 6.92 Å². The molecule has 0 unspecified atom stereocenters. The summed E-state index contributed by atoms with van der Waals surface area (Å²) >= 11 is 0. The molecule has 1 atom stereocenters. The maximum absolute atomic E-state index is 14.7. The summed E-state index contributed by atoms with van der Waals surface area (Å²) in [5, 5.41) is 3.94. The number of H-pyrrole nitrogens is 1. The quantitative estimate of drug-likeness (QED) is 0.459. The van der Waals surface area contributed by atoms with Gasteiger partial charge in [-0.25, -0.2) is 23.7 Å². The topological polar surface area (TPSA) is 88.5 Å². The van der Waals surface area contributed by atoms with Gasteiger partial charge < -0.3 is 10.3 Å². The van der Waals surface area contributed by atoms with Crippen LogP contribution in [0, 0.1) is 11.6 Å². The van der Waals surface area contributed by atoms with Crippen LogP contribution in [0.1, 0.15) is 18.7 Å². The van der Waals surface area contributed by atoms with E-state index in [9.17, 15) is 13.6 Å². The van der Waals surface area contributed by atoms with Crippen molar-refractivity contribution >= 4 is 27.8 Å². The average molecular weight is 418 g/mol. The monoisotopic (exact) mass is 418 g/mol. The largest absolute Gasteiger partial charge is 0.360 e. The van der Waals surface area contributed by atoms with Gasteiger partial charge in [0.15, 0.2) is 11.5 Å². The van der Waals surface area contributed by atoms with Crippen LogP contribution in [-0.4, -0.2) is 24.5 Å². The van der Waals surface area contributed by atoms with E-state index in [0.717, 1.165) is 6.07 Å². The fraction of sp³-hybridized carbons (Fsp3) is 0.0909. The number of fused-ring (bicyclic) bond motifs is 2. The first-order chi connectivity index (χ1) is 15.0. The standard InChI is InChI=1S/C22H16F2N6O/c1-12(29-21-19-20(26-10-25-19)27-11-28-21)18-8-13-6-7-14(23)9-15(13)22(31)30(18)17-5-3-2-4-16(17)24/h2-12H,1H3,(H2,25,26,27,28,29)/t12-/m0/s1. The number of para-hydroxylation sites is 1. The molecule has 0 aliphatic heterocycles. The van der Waals surface area contributed by atoms with Crippen molar-refractivity contribution < 1.29 is 8.78 Å². The van der Waals surface area contributed by atoms with E-state index >= 15 is 0 Å². The molecule has 154 valence electrons. The molecule has 7 nitrogen and oxygen atoms in total. The fourth-order valence-electron chi connectivity index (χ4n) is 3.65. The van der Waals surface area contributed by atoms with Gasteiger partial charge in [-0.3, -0.25) is 9.36 Å². The summed E-state index contributed by atoms with van der Waals surface area (Å²) < 4.78 is 29.8. The van der Waals surface area contributed by atoms with Crippen LogP contribution in [0.4, 0.5) is 14.6 Å². The third-order valence-corrected chi connectivity index (χ3v) is 5.12. The van der Waals surface area contributed by atoms with Gasteiger partial charge in [0.25, 0.3) is 5.56 Å². The van der Waals surface area contributed by atoms with Gasteiger partial charge in [0, 0.05) is 5.69 Å². The average Bonchev–Trinajstić information content (AvgIpc) is 3.25. The number of hydrogen-bond donors (Lipinski definition) is 2. The first-order valence-electron chi connectivity index (χ1n) is 9.53. The SMILES string of the molecule is C[C@H](Nc1ncnc2[nH]cnc12)c1cc2ccc(F)cc2c(=O)n1-c1ccccc1F. The van der Waals surface area contributed by atoms with Crippen LogP contribution >= 0.6 is 0 Å². The summed E-state index contributed by atoms with van der Waals surface area (Å²) in [6.07, 6.45) is 2.90. The highest BCUT2D eigenvalue weighted by atomic mass is 19.1. The Morgan fingerprint density at radius 2 is 1.90 bits per heavy atom. The van der Waals surface area contributed by atoms with Crippen LogP contribution < -0.4 is 10.9 Å². The Balaban J connectivity index is 1.72. The summed E-state index contributed by atoms with van der Waals surface area (Å²) in [5.74, 6) is -0.637. The maximum atomic E-state index is 14.7. The number of pyridine rings is 1. The summed E-state index contributed by atoms with van der Waals surface area (Å²) in [4.78, 5) is 28.8. The maximum Gasteiger partial charge on any atom is 0.263 e. The molecule has 2 aromatic carbocycles. The van der Waals surface area contributed by atoms with Crippen LogP contribution in [0.25, 0.3) is 27.6 Å². The highest BCUT2D eigenvalue weighted by Gasteiger charge is 2.20. The minimum absolute atomic E-state index is 0.0786. The molecule has 31 heavy (non-hydrogen) atoms. The summed E-state index contributed by atoms with van der Waals surface area (Å²) in [7, 11) is 0. The number of hydrogen-bond acceptors (Lipinski definition) is 5. The first kappa shape index (κ1) is 18.9. The van der Waals surface area contributed by atoms with Gasteiger partial charge in [0.2, 0.25) is 0 Å². The third kappa shape index (κ3) is 3.20. The number of nitrogens with one attached hydrogen (secondary N) is 2. The second kappa shape index (κ2) is 7.28. The zero-order chi connectivity index (χ0) is 21.5. The highest BCUT2D eigenvalue weighted by Crippen LogP contribution is 2.26. The Kier molecular flexibility index (Phi) is 4.43. The zero-order valence-corrected chi connectivity index (χ0v) is 16.3. The molecule has 2 N–H and O–H groups in total. The molecule has 0 saturated carbocycles. The molecule has 0 bridgehead atoms. The smallest absolute Gasteiger partial charge is 0.263 e. The van der Waals surface area contributed by atoms with Crippen molar-refractivity contribution in [3.63, 3.8) is 0 Å². The van der Waals surface area contributed by atoms with Crippen LogP contribution in [0.2, 0.25) is 0 Å². The Labute approximate surface area is 174 Å². The predicted octanol–water partition coefficient (Wildman–Crippen LogP) is 4.11. The molecular weight excluding hydrogens is 402 g/mol. The normalized spacial score (nSPS) is 12.4. The lowest BCUT2D eigenvalue weighted by Gasteiger charge is -2.21. The van der Waals surface area contributed by atoms with E-state index in [0.29, 0.717) is 28.1 Å². The third-order valence-electron chi connectivity index (χ3n) is 5.12. The van der Waals surface area contributed by atoms with Gasteiger partial charge in [0.1, 0.15) is 23.5 Å². The minimum atomic E-state index is -0.564. The Morgan fingerprint density at radius 3 is 2.74 bits per heavy atom. The predicted molar refractivity (Wildman–Crippen MR) is 113 cm³/mol. The molecule has 5 aromatic rings. The van der Waals surface area contributed by atoms with Crippen molar-refractivity contribution in [1.29, 1.82) is 0 Å². The van der Waals surface area contributed by atoms with E-state index in [-0.39, 0.29) is 11.1 Å². The van der Waals surface area contributed by atoms with E-state index in [4.69, 9.17) is 0 Å². The molecule has 9 heteroatoms. The molecule has 3 heterocycles. The second-order valence-electron chi connectivity index (χ2n) is 7.08. The van der Waals surface area contributed by atoms with Crippen LogP contribution in [0.5, 0.6) is 0 Å². The highest BCUT2D eigenvalue weighted by molar-refractivity contribution is 5.84. The Hall–Kier alpha value is -4.14. The molecule has 0 fully saturated rings. The number of rotatable bonds is 4. The first-order valence-corrected chi connectivity index (χ1v) is 9.53. The van der Waals surface area contributed by atoms with Gasteiger partial charge >= 0.3 is 0 Å². The zero-order valence-electron chi connectivity index (χ0n) is 16.3. The minimum Gasteiger partial charge on any atom is -0.360 e. The number of nitrogens with zero attached hydrogens (tertiary/aromatic N) is 4. The van der Waals surface area contributed by atoms with Crippen LogP contribution in [0.15, 0.2) is 66.0 Å². The van der Waals surface area contributed by atoms with Crippen molar-refractivity contribution in [3.05, 3.63) is 88.9 Å². The molecule has 0 saturated heterocycles. The van der Waals surface area contributed by atoms with Crippen molar-refractivity contribution in [3.8, 4) is 5.69 Å². The summed E-state index contributed by atoms with van der Waals surface area (Å²) in [6, 6.07) is 11.2. The lowest BCUT2D eigenvalue weighted by atomic mass is 10.1. The van der Waals surface area contributed by atoms with Gasteiger partial charge in [0.05, 0.1) is 23.4 Å². The van der Waals surface area contributed by atoms with E-state index in [1.165, 1.54) is 41.5 Å². The van der Waals surface area contributed by atoms with Gasteiger partial charge in [-0.1, -0.05) is 18.2 Å². The Bertz CT molecular complexity index is 1490. The Morgan fingerprint density at radius 1 is 1.06 bits per heavy atom. The summed E-state index contributed by atoms with van der Waals surface area (Å²) in [6.45, 7) is 1.82. The summed E-state index contributed by atoms with van der Waals surface area (Å²) in [5.41, 5.74) is 1.15. The molecule has 0 amide bonds. The van der Waals surface area contributed by atoms with Crippen molar-refractivity contribution in [1.82, 2.24) is 24.5 Å². The molecular formula is C22H16F2N6O. The fourth-order valence-corrected chi connectivity index (χ4v) is 3.65. The van der Waals surface area contributed by atoms with E-state index in [2.05, 4.69) is 25.3 Å². The molecule has 5 rings (SSSR count). The molecule has 3 aromatic heterocycles. The van der Waals surface area contributed by atoms with Crippen LogP contribution in [-0.2, 0) is 0 Å². The van der Waals surface area contributed by atoms with Crippen molar-refractivity contribution in [2.24, 2.45) is 0 Å². The van der Waals surface area contributed by atoms with Gasteiger partial charge in [-0.15, -0.1) is 0 Å². The van der Waals surface area contributed by atoms with Gasteiger partial charge in [-0.2, -0.15) is 0 Å². The van der Waals surface area contributed by atoms with E-state index in [1.54, 1.807) is 18.2 Å². The van der Waals surface area contributed by atoms with E-state index < -0.39 is 23.2 Å². The lowest BCUT2D eigenvalue weighted by molar-refractivity contribution is 0.610. The number of imidazole rings is 1. The van der Waals surface area contributed by atoms with Gasteiger partial charge in [-0.05, 0) is 42.6 Å². The second-order valence-corrected chi connectivity index (χ2v) is 7.08. The number of halogens is 2. The van der Waals surface area contributed by atoms with Crippen molar-refractivity contribution in [2.45, 2.75) is 13.0 Å². The molecule has 0 aliphatic rings. The molecule has 0 spiro atoms. The number of benzene rings is 2.